The summed E-state index contributed by atoms with van der Waals surface area (Å²) in [7, 11) is 0. The van der Waals surface area contributed by atoms with E-state index < -0.39 is 17.9 Å². The Hall–Kier alpha value is -0.730. The fraction of sp³-hybridized carbons (Fsp3) is 0.143. The van der Waals surface area contributed by atoms with Gasteiger partial charge in [-0.3, -0.25) is 0 Å². The smallest absolute Gasteiger partial charge is 0.405 e. The van der Waals surface area contributed by atoms with Crippen LogP contribution in [0.3, 0.4) is 0 Å². The van der Waals surface area contributed by atoms with E-state index in [0.717, 1.165) is 12.1 Å². The molecule has 7 heteroatoms. The molecule has 0 radical (unpaired) electrons. The van der Waals surface area contributed by atoms with E-state index >= 15 is 0 Å². The zero-order chi connectivity index (χ0) is 10.9. The van der Waals surface area contributed by atoms with Crippen molar-refractivity contribution in [3.8, 4) is 5.75 Å². The molecular formula is C7H4F4INO. The largest absolute Gasteiger partial charge is 0.573 e. The molecule has 0 bridgehead atoms. The minimum Gasteiger partial charge on any atom is -0.405 e. The van der Waals surface area contributed by atoms with Crippen LogP contribution in [-0.4, -0.2) is 6.36 Å². The zero-order valence-corrected chi connectivity index (χ0v) is 8.69. The molecule has 0 aliphatic carbocycles. The Morgan fingerprint density at radius 2 is 1.86 bits per heavy atom. The topological polar surface area (TPSA) is 35.2 Å². The maximum atomic E-state index is 12.7. The van der Waals surface area contributed by atoms with Crippen LogP contribution >= 0.6 is 22.6 Å². The van der Waals surface area contributed by atoms with Crippen LogP contribution < -0.4 is 10.5 Å². The van der Waals surface area contributed by atoms with E-state index in [1.165, 1.54) is 22.6 Å². The van der Waals surface area contributed by atoms with Crippen LogP contribution in [0.5, 0.6) is 5.75 Å². The second-order valence-electron chi connectivity index (χ2n) is 2.35. The van der Waals surface area contributed by atoms with Gasteiger partial charge in [-0.25, -0.2) is 4.39 Å². The predicted octanol–water partition coefficient (Wildman–Crippen LogP) is 2.91. The van der Waals surface area contributed by atoms with Crippen molar-refractivity contribution in [2.75, 3.05) is 5.73 Å². The summed E-state index contributed by atoms with van der Waals surface area (Å²) in [5, 5.41) is 0. The van der Waals surface area contributed by atoms with Gasteiger partial charge in [-0.15, -0.1) is 13.2 Å². The summed E-state index contributed by atoms with van der Waals surface area (Å²) in [5.41, 5.74) is 4.70. The number of benzene rings is 1. The van der Waals surface area contributed by atoms with Crippen molar-refractivity contribution in [1.29, 1.82) is 0 Å². The highest BCUT2D eigenvalue weighted by Crippen LogP contribution is 2.30. The van der Waals surface area contributed by atoms with E-state index in [9.17, 15) is 17.6 Å². The first-order valence-corrected chi connectivity index (χ1v) is 4.38. The predicted molar refractivity (Wildman–Crippen MR) is 50.2 cm³/mol. The molecule has 78 valence electrons. The van der Waals surface area contributed by atoms with Gasteiger partial charge in [0.15, 0.2) is 0 Å². The normalized spacial score (nSPS) is 11.5. The molecule has 0 saturated carbocycles. The van der Waals surface area contributed by atoms with Crippen LogP contribution in [0.4, 0.5) is 23.2 Å². The molecule has 2 N–H and O–H groups in total. The summed E-state index contributed by atoms with van der Waals surface area (Å²) in [4.78, 5) is 0. The molecule has 0 aliphatic heterocycles. The Morgan fingerprint density at radius 1 is 1.29 bits per heavy atom. The molecule has 0 saturated heterocycles. The number of alkyl halides is 3. The van der Waals surface area contributed by atoms with Crippen molar-refractivity contribution in [3.05, 3.63) is 21.5 Å². The van der Waals surface area contributed by atoms with Crippen molar-refractivity contribution in [2.45, 2.75) is 6.36 Å². The highest BCUT2D eigenvalue weighted by atomic mass is 127. The lowest BCUT2D eigenvalue weighted by molar-refractivity contribution is -0.274. The first-order valence-electron chi connectivity index (χ1n) is 3.30. The first-order chi connectivity index (χ1) is 6.29. The van der Waals surface area contributed by atoms with Gasteiger partial charge in [0.2, 0.25) is 0 Å². The molecule has 0 heterocycles. The van der Waals surface area contributed by atoms with E-state index in [4.69, 9.17) is 5.73 Å². The van der Waals surface area contributed by atoms with Gasteiger partial charge >= 0.3 is 6.36 Å². The molecular weight excluding hydrogens is 317 g/mol. The van der Waals surface area contributed by atoms with E-state index in [-0.39, 0.29) is 9.26 Å². The fourth-order valence-corrected chi connectivity index (χ4v) is 1.29. The van der Waals surface area contributed by atoms with Crippen LogP contribution in [0, 0.1) is 9.39 Å². The summed E-state index contributed by atoms with van der Waals surface area (Å²) in [6.45, 7) is 0. The van der Waals surface area contributed by atoms with Crippen LogP contribution in [0.25, 0.3) is 0 Å². The molecule has 0 aliphatic rings. The third kappa shape index (κ3) is 2.89. The highest BCUT2D eigenvalue weighted by molar-refractivity contribution is 14.1. The Balaban J connectivity index is 3.04. The molecule has 2 nitrogen and oxygen atoms in total. The fourth-order valence-electron chi connectivity index (χ4n) is 0.748. The second kappa shape index (κ2) is 3.79. The van der Waals surface area contributed by atoms with Crippen LogP contribution in [0.1, 0.15) is 0 Å². The summed E-state index contributed by atoms with van der Waals surface area (Å²) >= 11 is 1.52. The Morgan fingerprint density at radius 3 is 2.36 bits per heavy atom. The van der Waals surface area contributed by atoms with E-state index in [2.05, 4.69) is 4.74 Å². The van der Waals surface area contributed by atoms with Gasteiger partial charge < -0.3 is 10.5 Å². The summed E-state index contributed by atoms with van der Waals surface area (Å²) in [5.74, 6) is -1.28. The van der Waals surface area contributed by atoms with Crippen molar-refractivity contribution in [3.63, 3.8) is 0 Å². The van der Waals surface area contributed by atoms with Crippen LogP contribution in [0.2, 0.25) is 0 Å². The van der Waals surface area contributed by atoms with Gasteiger partial charge in [-0.1, -0.05) is 0 Å². The highest BCUT2D eigenvalue weighted by Gasteiger charge is 2.32. The molecule has 1 aromatic carbocycles. The van der Waals surface area contributed by atoms with Gasteiger partial charge in [-0.2, -0.15) is 0 Å². The Kier molecular flexibility index (Phi) is 3.07. The maximum Gasteiger partial charge on any atom is 0.573 e. The summed E-state index contributed by atoms with van der Waals surface area (Å²) in [6, 6.07) is 1.67. The maximum absolute atomic E-state index is 12.7. The summed E-state index contributed by atoms with van der Waals surface area (Å²) < 4.78 is 51.7. The molecule has 0 atom stereocenters. The molecule has 0 aromatic heterocycles. The van der Waals surface area contributed by atoms with E-state index in [1.54, 1.807) is 0 Å². The Labute approximate surface area is 90.2 Å². The van der Waals surface area contributed by atoms with Gasteiger partial charge in [-0.05, 0) is 28.7 Å². The molecule has 0 unspecified atom stereocenters. The molecule has 0 spiro atoms. The van der Waals surface area contributed by atoms with Gasteiger partial charge in [0.05, 0.1) is 9.26 Å². The van der Waals surface area contributed by atoms with Crippen LogP contribution in [-0.2, 0) is 0 Å². The van der Waals surface area contributed by atoms with Gasteiger partial charge in [0.25, 0.3) is 0 Å². The van der Waals surface area contributed by atoms with E-state index in [1.807, 2.05) is 0 Å². The molecule has 0 amide bonds. The third-order valence-electron chi connectivity index (χ3n) is 1.28. The van der Waals surface area contributed by atoms with Gasteiger partial charge in [0, 0.05) is 6.07 Å². The Bertz CT molecular complexity index is 352. The number of halogens is 5. The zero-order valence-electron chi connectivity index (χ0n) is 6.53. The number of anilines is 1. The standard InChI is InChI=1S/C7H4F4INO/c8-3-1-4(12)6(2-5(3)13)14-7(9,10)11/h1-2H,13H2. The number of rotatable bonds is 1. The second-order valence-corrected chi connectivity index (χ2v) is 3.51. The SMILES string of the molecule is Nc1cc(OC(F)(F)F)c(I)cc1F. The number of hydrogen-bond donors (Lipinski definition) is 1. The lowest BCUT2D eigenvalue weighted by atomic mass is 10.3. The van der Waals surface area contributed by atoms with Crippen molar-refractivity contribution in [1.82, 2.24) is 0 Å². The summed E-state index contributed by atoms with van der Waals surface area (Å²) in [6.07, 6.45) is -4.80. The molecule has 1 rings (SSSR count). The molecule has 1 aromatic rings. The van der Waals surface area contributed by atoms with Crippen molar-refractivity contribution >= 4 is 28.3 Å². The quantitative estimate of drug-likeness (QED) is 0.490. The number of hydrogen-bond acceptors (Lipinski definition) is 2. The van der Waals surface area contributed by atoms with Crippen LogP contribution in [0.15, 0.2) is 12.1 Å². The number of nitrogens with two attached hydrogens (primary N) is 1. The average Bonchev–Trinajstić information content (AvgIpc) is 1.97. The minimum atomic E-state index is -4.80. The lowest BCUT2D eigenvalue weighted by Crippen LogP contribution is -2.18. The van der Waals surface area contributed by atoms with E-state index in [0.29, 0.717) is 0 Å². The minimum absolute atomic E-state index is 0.00613. The van der Waals surface area contributed by atoms with Gasteiger partial charge in [0.1, 0.15) is 11.6 Å². The monoisotopic (exact) mass is 321 g/mol. The lowest BCUT2D eigenvalue weighted by Gasteiger charge is -2.11. The average molecular weight is 321 g/mol. The van der Waals surface area contributed by atoms with Crippen molar-refractivity contribution in [2.24, 2.45) is 0 Å². The first kappa shape index (κ1) is 11.3. The number of nitrogen functional groups attached to an aromatic ring is 1. The number of ether oxygens (including phenoxy) is 1. The van der Waals surface area contributed by atoms with Crippen molar-refractivity contribution < 1.29 is 22.3 Å². The molecule has 14 heavy (non-hydrogen) atoms. The molecule has 0 fully saturated rings. The third-order valence-corrected chi connectivity index (χ3v) is 2.12.